The lowest BCUT2D eigenvalue weighted by molar-refractivity contribution is 0.158. The fourth-order valence-corrected chi connectivity index (χ4v) is 1.24. The van der Waals surface area contributed by atoms with Gasteiger partial charge >= 0.3 is 0 Å². The van der Waals surface area contributed by atoms with Crippen LogP contribution in [0.2, 0.25) is 0 Å². The highest BCUT2D eigenvalue weighted by Gasteiger charge is 1.93. The van der Waals surface area contributed by atoms with Crippen molar-refractivity contribution in [2.24, 2.45) is 0 Å². The van der Waals surface area contributed by atoms with Crippen LogP contribution in [0.4, 0.5) is 5.69 Å². The Morgan fingerprint density at radius 2 is 2.07 bits per heavy atom. The maximum absolute atomic E-state index is 8.51. The van der Waals surface area contributed by atoms with Gasteiger partial charge in [0.05, 0.1) is 19.1 Å². The number of ether oxygens (including phenoxy) is 1. The molecule has 15 heavy (non-hydrogen) atoms. The van der Waals surface area contributed by atoms with E-state index < -0.39 is 0 Å². The summed E-state index contributed by atoms with van der Waals surface area (Å²) < 4.78 is 5.21. The second kappa shape index (κ2) is 6.86. The van der Waals surface area contributed by atoms with Gasteiger partial charge in [0.2, 0.25) is 0 Å². The van der Waals surface area contributed by atoms with Crippen molar-refractivity contribution >= 4 is 5.69 Å². The molecule has 0 bridgehead atoms. The number of nitriles is 1. The van der Waals surface area contributed by atoms with Crippen LogP contribution in [0.15, 0.2) is 24.3 Å². The van der Waals surface area contributed by atoms with Gasteiger partial charge in [-0.15, -0.1) is 0 Å². The fourth-order valence-electron chi connectivity index (χ4n) is 1.24. The predicted octanol–water partition coefficient (Wildman–Crippen LogP) is 2.20. The maximum Gasteiger partial charge on any atom is 0.0669 e. The first-order valence-corrected chi connectivity index (χ1v) is 5.14. The van der Waals surface area contributed by atoms with Gasteiger partial charge in [0, 0.05) is 18.8 Å². The zero-order valence-electron chi connectivity index (χ0n) is 8.99. The molecule has 0 saturated carbocycles. The summed E-state index contributed by atoms with van der Waals surface area (Å²) in [4.78, 5) is 0. The molecule has 3 nitrogen and oxygen atoms in total. The number of hydrogen-bond acceptors (Lipinski definition) is 3. The van der Waals surface area contributed by atoms with Crippen LogP contribution in [0.5, 0.6) is 0 Å². The highest BCUT2D eigenvalue weighted by molar-refractivity contribution is 5.44. The topological polar surface area (TPSA) is 45.0 Å². The van der Waals surface area contributed by atoms with Gasteiger partial charge in [-0.25, -0.2) is 0 Å². The average molecular weight is 204 g/mol. The summed E-state index contributed by atoms with van der Waals surface area (Å²) >= 11 is 0. The molecule has 0 amide bonds. The first-order valence-electron chi connectivity index (χ1n) is 5.14. The summed E-state index contributed by atoms with van der Waals surface area (Å²) in [5, 5.41) is 11.7. The van der Waals surface area contributed by atoms with Crippen LogP contribution >= 0.6 is 0 Å². The zero-order valence-corrected chi connectivity index (χ0v) is 8.99. The van der Waals surface area contributed by atoms with E-state index in [1.54, 1.807) is 0 Å². The summed E-state index contributed by atoms with van der Waals surface area (Å²) in [6.45, 7) is 4.27. The molecule has 1 aromatic rings. The van der Waals surface area contributed by atoms with E-state index in [1.165, 1.54) is 0 Å². The Balaban J connectivity index is 2.33. The number of benzene rings is 1. The van der Waals surface area contributed by atoms with E-state index in [1.807, 2.05) is 31.2 Å². The monoisotopic (exact) mass is 204 g/mol. The summed E-state index contributed by atoms with van der Waals surface area (Å²) in [7, 11) is 0. The van der Waals surface area contributed by atoms with E-state index in [9.17, 15) is 0 Å². The Morgan fingerprint density at radius 1 is 1.33 bits per heavy atom. The largest absolute Gasteiger partial charge is 0.383 e. The summed E-state index contributed by atoms with van der Waals surface area (Å²) in [6, 6.07) is 10.0. The van der Waals surface area contributed by atoms with Gasteiger partial charge in [0.15, 0.2) is 0 Å². The van der Waals surface area contributed by atoms with Gasteiger partial charge in [0.1, 0.15) is 0 Å². The molecule has 1 aromatic carbocycles. The van der Waals surface area contributed by atoms with Gasteiger partial charge in [-0.3, -0.25) is 0 Å². The minimum Gasteiger partial charge on any atom is -0.383 e. The van der Waals surface area contributed by atoms with Crippen LogP contribution < -0.4 is 5.32 Å². The molecule has 1 rings (SSSR count). The Morgan fingerprint density at radius 3 is 2.67 bits per heavy atom. The van der Waals surface area contributed by atoms with Gasteiger partial charge in [-0.05, 0) is 24.6 Å². The third kappa shape index (κ3) is 4.48. The van der Waals surface area contributed by atoms with Crippen molar-refractivity contribution in [1.29, 1.82) is 5.26 Å². The Labute approximate surface area is 90.7 Å². The molecule has 0 unspecified atom stereocenters. The molecule has 0 aliphatic rings. The second-order valence-electron chi connectivity index (χ2n) is 3.16. The Bertz CT molecular complexity index is 313. The molecule has 1 N–H and O–H groups in total. The SMILES string of the molecule is CCOCCNc1ccc(CC#N)cc1. The maximum atomic E-state index is 8.51. The quantitative estimate of drug-likeness (QED) is 0.722. The number of anilines is 1. The van der Waals surface area contributed by atoms with Crippen LogP contribution in [0, 0.1) is 11.3 Å². The molecular formula is C12H16N2O. The molecular weight excluding hydrogens is 188 g/mol. The van der Waals surface area contributed by atoms with Crippen LogP contribution in [0.1, 0.15) is 12.5 Å². The lowest BCUT2D eigenvalue weighted by Crippen LogP contribution is -2.08. The Hall–Kier alpha value is -1.53. The van der Waals surface area contributed by atoms with Crippen molar-refractivity contribution in [3.8, 4) is 6.07 Å². The van der Waals surface area contributed by atoms with Crippen LogP contribution in [0.3, 0.4) is 0 Å². The van der Waals surface area contributed by atoms with Crippen molar-refractivity contribution < 1.29 is 4.74 Å². The van der Waals surface area contributed by atoms with Gasteiger partial charge in [-0.2, -0.15) is 5.26 Å². The molecule has 80 valence electrons. The standard InChI is InChI=1S/C12H16N2O/c1-2-15-10-9-14-12-5-3-11(4-6-12)7-8-13/h3-6,14H,2,7,9-10H2,1H3. The highest BCUT2D eigenvalue weighted by Crippen LogP contribution is 2.09. The molecule has 0 aromatic heterocycles. The summed E-state index contributed by atoms with van der Waals surface area (Å²) in [5.41, 5.74) is 2.12. The normalized spacial score (nSPS) is 9.60. The third-order valence-corrected chi connectivity index (χ3v) is 2.02. The number of rotatable bonds is 6. The minimum absolute atomic E-state index is 0.471. The first-order chi connectivity index (χ1) is 7.36. The molecule has 0 aliphatic heterocycles. The van der Waals surface area contributed by atoms with E-state index in [0.717, 1.165) is 31.0 Å². The predicted molar refractivity (Wildman–Crippen MR) is 60.7 cm³/mol. The van der Waals surface area contributed by atoms with Crippen molar-refractivity contribution in [3.05, 3.63) is 29.8 Å². The number of nitrogens with one attached hydrogen (secondary N) is 1. The molecule has 0 aliphatic carbocycles. The van der Waals surface area contributed by atoms with E-state index in [-0.39, 0.29) is 0 Å². The lowest BCUT2D eigenvalue weighted by atomic mass is 10.1. The highest BCUT2D eigenvalue weighted by atomic mass is 16.5. The molecule has 0 radical (unpaired) electrons. The van der Waals surface area contributed by atoms with Crippen molar-refractivity contribution in [2.45, 2.75) is 13.3 Å². The van der Waals surface area contributed by atoms with Crippen LogP contribution in [0.25, 0.3) is 0 Å². The van der Waals surface area contributed by atoms with Crippen LogP contribution in [-0.4, -0.2) is 19.8 Å². The van der Waals surface area contributed by atoms with E-state index in [0.29, 0.717) is 6.42 Å². The Kier molecular flexibility index (Phi) is 5.28. The molecule has 3 heteroatoms. The van der Waals surface area contributed by atoms with Crippen molar-refractivity contribution in [1.82, 2.24) is 0 Å². The lowest BCUT2D eigenvalue weighted by Gasteiger charge is -2.06. The van der Waals surface area contributed by atoms with Crippen LogP contribution in [-0.2, 0) is 11.2 Å². The van der Waals surface area contributed by atoms with E-state index in [2.05, 4.69) is 11.4 Å². The summed E-state index contributed by atoms with van der Waals surface area (Å²) in [6.07, 6.45) is 0.471. The molecule has 0 saturated heterocycles. The second-order valence-corrected chi connectivity index (χ2v) is 3.16. The van der Waals surface area contributed by atoms with Crippen molar-refractivity contribution in [2.75, 3.05) is 25.1 Å². The molecule has 0 fully saturated rings. The van der Waals surface area contributed by atoms with Gasteiger partial charge < -0.3 is 10.1 Å². The average Bonchev–Trinajstić information content (AvgIpc) is 2.27. The van der Waals surface area contributed by atoms with E-state index in [4.69, 9.17) is 10.00 Å². The zero-order chi connectivity index (χ0) is 10.9. The van der Waals surface area contributed by atoms with Gasteiger partial charge in [-0.1, -0.05) is 12.1 Å². The molecule has 0 spiro atoms. The molecule has 0 heterocycles. The number of nitrogens with zero attached hydrogens (tertiary/aromatic N) is 1. The first kappa shape index (κ1) is 11.5. The fraction of sp³-hybridized carbons (Fsp3) is 0.417. The third-order valence-electron chi connectivity index (χ3n) is 2.02. The smallest absolute Gasteiger partial charge is 0.0669 e. The van der Waals surface area contributed by atoms with E-state index >= 15 is 0 Å². The minimum atomic E-state index is 0.471. The van der Waals surface area contributed by atoms with Crippen molar-refractivity contribution in [3.63, 3.8) is 0 Å². The number of hydrogen-bond donors (Lipinski definition) is 1. The summed E-state index contributed by atoms with van der Waals surface area (Å²) in [5.74, 6) is 0. The van der Waals surface area contributed by atoms with Gasteiger partial charge in [0.25, 0.3) is 0 Å². The molecule has 0 atom stereocenters.